The van der Waals surface area contributed by atoms with Gasteiger partial charge in [-0.15, -0.1) is 0 Å². The predicted octanol–water partition coefficient (Wildman–Crippen LogP) is 0.630. The van der Waals surface area contributed by atoms with Crippen LogP contribution in [-0.2, 0) is 4.79 Å². The minimum atomic E-state index is 0.204. The van der Waals surface area contributed by atoms with Crippen LogP contribution in [0.3, 0.4) is 0 Å². The molecular formula is C10H18N2O. The normalized spacial score (nSPS) is 23.3. The standard InChI is InChI=1S/C10H18N2O/c1-8(12(2)3)6-10(13)9-4-5-11-7-9/h6,9,11H,4-5,7H2,1-3H3/b8-6+. The van der Waals surface area contributed by atoms with E-state index in [9.17, 15) is 4.79 Å². The first-order valence-corrected chi connectivity index (χ1v) is 4.71. The van der Waals surface area contributed by atoms with Crippen molar-refractivity contribution in [2.75, 3.05) is 27.2 Å². The summed E-state index contributed by atoms with van der Waals surface area (Å²) in [5.41, 5.74) is 1.02. The van der Waals surface area contributed by atoms with Gasteiger partial charge in [0.1, 0.15) is 0 Å². The molecular weight excluding hydrogens is 164 g/mol. The highest BCUT2D eigenvalue weighted by Gasteiger charge is 2.20. The summed E-state index contributed by atoms with van der Waals surface area (Å²) in [6, 6.07) is 0. The molecule has 0 aromatic carbocycles. The quantitative estimate of drug-likeness (QED) is 0.650. The number of hydrogen-bond acceptors (Lipinski definition) is 3. The summed E-state index contributed by atoms with van der Waals surface area (Å²) in [4.78, 5) is 13.6. The van der Waals surface area contributed by atoms with Crippen LogP contribution < -0.4 is 5.32 Å². The molecule has 1 saturated heterocycles. The topological polar surface area (TPSA) is 32.3 Å². The summed E-state index contributed by atoms with van der Waals surface area (Å²) in [5.74, 6) is 0.464. The van der Waals surface area contributed by atoms with E-state index in [-0.39, 0.29) is 11.7 Å². The second kappa shape index (κ2) is 4.42. The molecule has 1 rings (SSSR count). The lowest BCUT2D eigenvalue weighted by Crippen LogP contribution is -2.18. The molecule has 0 aromatic rings. The van der Waals surface area contributed by atoms with Gasteiger partial charge >= 0.3 is 0 Å². The summed E-state index contributed by atoms with van der Waals surface area (Å²) in [7, 11) is 3.90. The largest absolute Gasteiger partial charge is 0.381 e. The van der Waals surface area contributed by atoms with Crippen molar-refractivity contribution >= 4 is 5.78 Å². The Kier molecular flexibility index (Phi) is 3.48. The van der Waals surface area contributed by atoms with Crippen LogP contribution in [0.5, 0.6) is 0 Å². The third-order valence-electron chi connectivity index (χ3n) is 2.52. The van der Waals surface area contributed by atoms with Crippen LogP contribution in [0.2, 0.25) is 0 Å². The van der Waals surface area contributed by atoms with Crippen molar-refractivity contribution in [3.05, 3.63) is 11.8 Å². The fourth-order valence-corrected chi connectivity index (χ4v) is 1.35. The monoisotopic (exact) mass is 182 g/mol. The molecule has 74 valence electrons. The zero-order valence-electron chi connectivity index (χ0n) is 8.63. The molecule has 0 amide bonds. The average molecular weight is 182 g/mol. The van der Waals surface area contributed by atoms with Gasteiger partial charge in [0.2, 0.25) is 0 Å². The van der Waals surface area contributed by atoms with Crippen LogP contribution in [0, 0.1) is 5.92 Å². The van der Waals surface area contributed by atoms with Crippen LogP contribution in [0.15, 0.2) is 11.8 Å². The minimum Gasteiger partial charge on any atom is -0.381 e. The lowest BCUT2D eigenvalue weighted by Gasteiger charge is -2.13. The Bertz CT molecular complexity index is 215. The maximum atomic E-state index is 11.6. The van der Waals surface area contributed by atoms with Crippen LogP contribution in [-0.4, -0.2) is 37.9 Å². The van der Waals surface area contributed by atoms with E-state index >= 15 is 0 Å². The van der Waals surface area contributed by atoms with Crippen molar-refractivity contribution in [1.82, 2.24) is 10.2 Å². The molecule has 1 aliphatic heterocycles. The molecule has 0 radical (unpaired) electrons. The van der Waals surface area contributed by atoms with Gasteiger partial charge in [-0.05, 0) is 19.9 Å². The van der Waals surface area contributed by atoms with Gasteiger partial charge in [0.15, 0.2) is 5.78 Å². The lowest BCUT2D eigenvalue weighted by atomic mass is 10.0. The SMILES string of the molecule is C/C(=C\C(=O)C1CCNC1)N(C)C. The van der Waals surface area contributed by atoms with Crippen molar-refractivity contribution in [3.8, 4) is 0 Å². The Hall–Kier alpha value is -0.830. The summed E-state index contributed by atoms with van der Waals surface area (Å²) in [6.45, 7) is 3.78. The lowest BCUT2D eigenvalue weighted by molar-refractivity contribution is -0.117. The van der Waals surface area contributed by atoms with Gasteiger partial charge in [0, 0.05) is 38.3 Å². The van der Waals surface area contributed by atoms with E-state index in [1.54, 1.807) is 6.08 Å². The number of ketones is 1. The van der Waals surface area contributed by atoms with Crippen molar-refractivity contribution in [2.24, 2.45) is 5.92 Å². The van der Waals surface area contributed by atoms with Gasteiger partial charge in [0.25, 0.3) is 0 Å². The van der Waals surface area contributed by atoms with Crippen LogP contribution in [0.1, 0.15) is 13.3 Å². The molecule has 1 fully saturated rings. The number of allylic oxidation sites excluding steroid dienone is 2. The second-order valence-corrected chi connectivity index (χ2v) is 3.77. The Morgan fingerprint density at radius 3 is 2.69 bits per heavy atom. The van der Waals surface area contributed by atoms with E-state index in [2.05, 4.69) is 5.32 Å². The molecule has 1 heterocycles. The minimum absolute atomic E-state index is 0.204. The molecule has 0 spiro atoms. The zero-order chi connectivity index (χ0) is 9.84. The molecule has 3 heteroatoms. The highest BCUT2D eigenvalue weighted by atomic mass is 16.1. The van der Waals surface area contributed by atoms with E-state index < -0.39 is 0 Å². The maximum absolute atomic E-state index is 11.6. The van der Waals surface area contributed by atoms with Gasteiger partial charge in [-0.3, -0.25) is 4.79 Å². The Labute approximate surface area is 79.8 Å². The van der Waals surface area contributed by atoms with Crippen molar-refractivity contribution < 1.29 is 4.79 Å². The number of carbonyl (C=O) groups is 1. The van der Waals surface area contributed by atoms with Crippen LogP contribution >= 0.6 is 0 Å². The molecule has 1 aliphatic rings. The maximum Gasteiger partial charge on any atom is 0.161 e. The molecule has 3 nitrogen and oxygen atoms in total. The van der Waals surface area contributed by atoms with Gasteiger partial charge < -0.3 is 10.2 Å². The molecule has 1 N–H and O–H groups in total. The number of nitrogens with zero attached hydrogens (tertiary/aromatic N) is 1. The molecule has 0 aromatic heterocycles. The van der Waals surface area contributed by atoms with E-state index in [1.165, 1.54) is 0 Å². The van der Waals surface area contributed by atoms with Gasteiger partial charge in [-0.2, -0.15) is 0 Å². The third-order valence-corrected chi connectivity index (χ3v) is 2.52. The third kappa shape index (κ3) is 2.84. The Morgan fingerprint density at radius 2 is 2.23 bits per heavy atom. The summed E-state index contributed by atoms with van der Waals surface area (Å²) >= 11 is 0. The first-order valence-electron chi connectivity index (χ1n) is 4.71. The fourth-order valence-electron chi connectivity index (χ4n) is 1.35. The molecule has 0 saturated carbocycles. The first kappa shape index (κ1) is 10.3. The van der Waals surface area contributed by atoms with E-state index in [1.807, 2.05) is 25.9 Å². The summed E-state index contributed by atoms with van der Waals surface area (Å²) < 4.78 is 0. The molecule has 1 atom stereocenters. The summed E-state index contributed by atoms with van der Waals surface area (Å²) in [5, 5.41) is 3.19. The molecule has 13 heavy (non-hydrogen) atoms. The number of rotatable bonds is 3. The molecule has 1 unspecified atom stereocenters. The van der Waals surface area contributed by atoms with Gasteiger partial charge in [-0.25, -0.2) is 0 Å². The van der Waals surface area contributed by atoms with E-state index in [4.69, 9.17) is 0 Å². The van der Waals surface area contributed by atoms with Crippen molar-refractivity contribution in [2.45, 2.75) is 13.3 Å². The van der Waals surface area contributed by atoms with Crippen molar-refractivity contribution in [3.63, 3.8) is 0 Å². The predicted molar refractivity (Wildman–Crippen MR) is 53.4 cm³/mol. The highest BCUT2D eigenvalue weighted by molar-refractivity contribution is 5.92. The van der Waals surface area contributed by atoms with E-state index in [0.29, 0.717) is 0 Å². The highest BCUT2D eigenvalue weighted by Crippen LogP contribution is 2.11. The van der Waals surface area contributed by atoms with Gasteiger partial charge in [-0.1, -0.05) is 0 Å². The summed E-state index contributed by atoms with van der Waals surface area (Å²) in [6.07, 6.45) is 2.73. The van der Waals surface area contributed by atoms with Gasteiger partial charge in [0.05, 0.1) is 0 Å². The Balaban J connectivity index is 2.52. The average Bonchev–Trinajstić information content (AvgIpc) is 2.55. The fraction of sp³-hybridized carbons (Fsp3) is 0.700. The van der Waals surface area contributed by atoms with Crippen LogP contribution in [0.4, 0.5) is 0 Å². The smallest absolute Gasteiger partial charge is 0.161 e. The van der Waals surface area contributed by atoms with Crippen molar-refractivity contribution in [1.29, 1.82) is 0 Å². The second-order valence-electron chi connectivity index (χ2n) is 3.77. The molecule has 0 bridgehead atoms. The molecule has 0 aliphatic carbocycles. The number of hydrogen-bond donors (Lipinski definition) is 1. The number of carbonyl (C=O) groups excluding carboxylic acids is 1. The Morgan fingerprint density at radius 1 is 1.54 bits per heavy atom. The first-order chi connectivity index (χ1) is 6.11. The number of nitrogens with one attached hydrogen (secondary N) is 1. The van der Waals surface area contributed by atoms with Crippen LogP contribution in [0.25, 0.3) is 0 Å². The zero-order valence-corrected chi connectivity index (χ0v) is 8.63. The van der Waals surface area contributed by atoms with E-state index in [0.717, 1.165) is 25.2 Å².